The van der Waals surface area contributed by atoms with Crippen molar-refractivity contribution in [3.8, 4) is 0 Å². The van der Waals surface area contributed by atoms with Crippen LogP contribution in [0, 0.1) is 5.92 Å². The molecule has 1 fully saturated rings. The zero-order valence-electron chi connectivity index (χ0n) is 10.00. The minimum Gasteiger partial charge on any atom is -0.381 e. The van der Waals surface area contributed by atoms with Crippen LogP contribution in [0.15, 0.2) is 12.7 Å². The molecule has 1 saturated heterocycles. The van der Waals surface area contributed by atoms with E-state index in [9.17, 15) is 4.79 Å². The summed E-state index contributed by atoms with van der Waals surface area (Å²) in [6, 6.07) is 0.374. The first kappa shape index (κ1) is 13.2. The predicted octanol–water partition coefficient (Wildman–Crippen LogP) is 0.693. The Kier molecular flexibility index (Phi) is 6.11. The Morgan fingerprint density at radius 3 is 2.88 bits per heavy atom. The van der Waals surface area contributed by atoms with Gasteiger partial charge in [0.05, 0.1) is 6.54 Å². The number of nitrogens with one attached hydrogen (secondary N) is 2. The maximum atomic E-state index is 11.3. The molecule has 92 valence electrons. The normalized spacial score (nSPS) is 19.1. The van der Waals surface area contributed by atoms with E-state index in [-0.39, 0.29) is 5.91 Å². The standard InChI is InChI=1S/C12H22N2O2/c1-3-6-13-12(15)9-14-10(2)11-4-7-16-8-5-11/h3,10-11,14H,1,4-9H2,2H3,(H,13,15). The minimum atomic E-state index is 0.0267. The van der Waals surface area contributed by atoms with Gasteiger partial charge in [-0.05, 0) is 25.7 Å². The van der Waals surface area contributed by atoms with Gasteiger partial charge in [0.25, 0.3) is 0 Å². The van der Waals surface area contributed by atoms with E-state index in [4.69, 9.17) is 4.74 Å². The van der Waals surface area contributed by atoms with E-state index < -0.39 is 0 Å². The Labute approximate surface area is 97.4 Å². The van der Waals surface area contributed by atoms with Gasteiger partial charge in [-0.3, -0.25) is 4.79 Å². The number of amides is 1. The van der Waals surface area contributed by atoms with Crippen molar-refractivity contribution in [1.82, 2.24) is 10.6 Å². The Hall–Kier alpha value is -0.870. The molecule has 16 heavy (non-hydrogen) atoms. The van der Waals surface area contributed by atoms with Crippen LogP contribution in [0.25, 0.3) is 0 Å². The van der Waals surface area contributed by atoms with E-state index >= 15 is 0 Å². The van der Waals surface area contributed by atoms with Gasteiger partial charge in [-0.2, -0.15) is 0 Å². The lowest BCUT2D eigenvalue weighted by atomic mass is 9.93. The summed E-state index contributed by atoms with van der Waals surface area (Å²) >= 11 is 0. The number of rotatable bonds is 6. The summed E-state index contributed by atoms with van der Waals surface area (Å²) in [6.07, 6.45) is 3.85. The molecular weight excluding hydrogens is 204 g/mol. The van der Waals surface area contributed by atoms with Gasteiger partial charge in [0.15, 0.2) is 0 Å². The molecule has 1 unspecified atom stereocenters. The Morgan fingerprint density at radius 2 is 2.25 bits per heavy atom. The molecule has 1 heterocycles. The molecule has 0 aromatic heterocycles. The Bertz CT molecular complexity index is 225. The van der Waals surface area contributed by atoms with E-state index in [0.717, 1.165) is 26.1 Å². The molecule has 1 aliphatic rings. The van der Waals surface area contributed by atoms with Crippen molar-refractivity contribution in [3.05, 3.63) is 12.7 Å². The molecule has 0 spiro atoms. The SMILES string of the molecule is C=CCNC(=O)CNC(C)C1CCOCC1. The van der Waals surface area contributed by atoms with Gasteiger partial charge in [0, 0.05) is 25.8 Å². The van der Waals surface area contributed by atoms with Crippen molar-refractivity contribution in [3.63, 3.8) is 0 Å². The average molecular weight is 226 g/mol. The zero-order valence-corrected chi connectivity index (χ0v) is 10.00. The van der Waals surface area contributed by atoms with Gasteiger partial charge in [0.2, 0.25) is 5.91 Å². The molecule has 0 aliphatic carbocycles. The van der Waals surface area contributed by atoms with Crippen LogP contribution in [-0.2, 0) is 9.53 Å². The first-order valence-electron chi connectivity index (χ1n) is 5.92. The van der Waals surface area contributed by atoms with E-state index in [0.29, 0.717) is 25.0 Å². The molecule has 4 heteroatoms. The molecule has 2 N–H and O–H groups in total. The molecule has 0 saturated carbocycles. The highest BCUT2D eigenvalue weighted by Crippen LogP contribution is 2.18. The molecule has 0 aromatic rings. The molecule has 1 atom stereocenters. The molecule has 0 radical (unpaired) electrons. The van der Waals surface area contributed by atoms with Crippen LogP contribution in [0.4, 0.5) is 0 Å². The third-order valence-corrected chi connectivity index (χ3v) is 3.00. The lowest BCUT2D eigenvalue weighted by molar-refractivity contribution is -0.120. The monoisotopic (exact) mass is 226 g/mol. The molecule has 0 bridgehead atoms. The summed E-state index contributed by atoms with van der Waals surface area (Å²) in [6.45, 7) is 8.30. The predicted molar refractivity (Wildman–Crippen MR) is 64.2 cm³/mol. The van der Waals surface area contributed by atoms with Crippen molar-refractivity contribution in [2.45, 2.75) is 25.8 Å². The van der Waals surface area contributed by atoms with Crippen LogP contribution in [0.2, 0.25) is 0 Å². The van der Waals surface area contributed by atoms with E-state index in [2.05, 4.69) is 24.1 Å². The molecule has 1 amide bonds. The van der Waals surface area contributed by atoms with Gasteiger partial charge in [-0.15, -0.1) is 6.58 Å². The second kappa shape index (κ2) is 7.41. The Morgan fingerprint density at radius 1 is 1.56 bits per heavy atom. The van der Waals surface area contributed by atoms with Crippen LogP contribution in [0.5, 0.6) is 0 Å². The fourth-order valence-corrected chi connectivity index (χ4v) is 1.88. The van der Waals surface area contributed by atoms with Gasteiger partial charge < -0.3 is 15.4 Å². The van der Waals surface area contributed by atoms with Crippen LogP contribution in [0.1, 0.15) is 19.8 Å². The minimum absolute atomic E-state index is 0.0267. The molecular formula is C12H22N2O2. The largest absolute Gasteiger partial charge is 0.381 e. The number of hydrogen-bond donors (Lipinski definition) is 2. The van der Waals surface area contributed by atoms with Gasteiger partial charge >= 0.3 is 0 Å². The van der Waals surface area contributed by atoms with Crippen molar-refractivity contribution in [2.75, 3.05) is 26.3 Å². The second-order valence-corrected chi connectivity index (χ2v) is 4.21. The molecule has 1 aliphatic heterocycles. The highest BCUT2D eigenvalue weighted by atomic mass is 16.5. The summed E-state index contributed by atoms with van der Waals surface area (Å²) in [4.78, 5) is 11.3. The number of carbonyl (C=O) groups is 1. The first-order valence-corrected chi connectivity index (χ1v) is 5.92. The molecule has 1 rings (SSSR count). The number of ether oxygens (including phenoxy) is 1. The van der Waals surface area contributed by atoms with Gasteiger partial charge in [0.1, 0.15) is 0 Å². The third-order valence-electron chi connectivity index (χ3n) is 3.00. The number of hydrogen-bond acceptors (Lipinski definition) is 3. The van der Waals surface area contributed by atoms with Crippen LogP contribution in [0.3, 0.4) is 0 Å². The fraction of sp³-hybridized carbons (Fsp3) is 0.750. The summed E-state index contributed by atoms with van der Waals surface area (Å²) in [7, 11) is 0. The van der Waals surface area contributed by atoms with E-state index in [1.807, 2.05) is 0 Å². The summed E-state index contributed by atoms with van der Waals surface area (Å²) in [5, 5.41) is 6.01. The Balaban J connectivity index is 2.15. The van der Waals surface area contributed by atoms with Crippen LogP contribution < -0.4 is 10.6 Å². The molecule has 0 aromatic carbocycles. The van der Waals surface area contributed by atoms with Gasteiger partial charge in [-0.25, -0.2) is 0 Å². The van der Waals surface area contributed by atoms with Crippen molar-refractivity contribution in [2.24, 2.45) is 5.92 Å². The lowest BCUT2D eigenvalue weighted by Crippen LogP contribution is -2.42. The third kappa shape index (κ3) is 4.77. The number of carbonyl (C=O) groups excluding carboxylic acids is 1. The van der Waals surface area contributed by atoms with Crippen LogP contribution >= 0.6 is 0 Å². The zero-order chi connectivity index (χ0) is 11.8. The first-order chi connectivity index (χ1) is 7.74. The summed E-state index contributed by atoms with van der Waals surface area (Å²) in [5.41, 5.74) is 0. The van der Waals surface area contributed by atoms with Crippen molar-refractivity contribution >= 4 is 5.91 Å². The molecule has 4 nitrogen and oxygen atoms in total. The summed E-state index contributed by atoms with van der Waals surface area (Å²) in [5.74, 6) is 0.653. The van der Waals surface area contributed by atoms with Crippen molar-refractivity contribution < 1.29 is 9.53 Å². The fourth-order valence-electron chi connectivity index (χ4n) is 1.88. The van der Waals surface area contributed by atoms with E-state index in [1.165, 1.54) is 0 Å². The van der Waals surface area contributed by atoms with E-state index in [1.54, 1.807) is 6.08 Å². The topological polar surface area (TPSA) is 50.4 Å². The lowest BCUT2D eigenvalue weighted by Gasteiger charge is -2.28. The smallest absolute Gasteiger partial charge is 0.234 e. The second-order valence-electron chi connectivity index (χ2n) is 4.21. The average Bonchev–Trinajstić information content (AvgIpc) is 2.34. The summed E-state index contributed by atoms with van der Waals surface area (Å²) < 4.78 is 5.31. The maximum Gasteiger partial charge on any atom is 0.234 e. The van der Waals surface area contributed by atoms with Crippen LogP contribution in [-0.4, -0.2) is 38.3 Å². The maximum absolute atomic E-state index is 11.3. The van der Waals surface area contributed by atoms with Gasteiger partial charge in [-0.1, -0.05) is 6.08 Å². The highest BCUT2D eigenvalue weighted by molar-refractivity contribution is 5.78. The highest BCUT2D eigenvalue weighted by Gasteiger charge is 2.20. The van der Waals surface area contributed by atoms with Crippen molar-refractivity contribution in [1.29, 1.82) is 0 Å². The quantitative estimate of drug-likeness (QED) is 0.655.